The van der Waals surface area contributed by atoms with Crippen LogP contribution in [0.25, 0.3) is 5.57 Å². The molecule has 0 spiro atoms. The molecule has 1 amide bonds. The van der Waals surface area contributed by atoms with E-state index >= 15 is 0 Å². The maximum Gasteiger partial charge on any atom is 0.262 e. The van der Waals surface area contributed by atoms with E-state index < -0.39 is 5.54 Å². The van der Waals surface area contributed by atoms with E-state index in [-0.39, 0.29) is 17.8 Å². The van der Waals surface area contributed by atoms with E-state index in [4.69, 9.17) is 10.2 Å². The predicted molar refractivity (Wildman–Crippen MR) is 101 cm³/mol. The second-order valence-corrected chi connectivity index (χ2v) is 6.74. The molecule has 0 bridgehead atoms. The van der Waals surface area contributed by atoms with E-state index in [1.54, 1.807) is 7.05 Å². The molecule has 0 saturated carbocycles. The monoisotopic (exact) mass is 347 g/mol. The van der Waals surface area contributed by atoms with Crippen molar-refractivity contribution in [3.63, 3.8) is 0 Å². The van der Waals surface area contributed by atoms with E-state index in [0.29, 0.717) is 6.42 Å². The number of hydrogen-bond acceptors (Lipinski definition) is 4. The van der Waals surface area contributed by atoms with Gasteiger partial charge in [0.15, 0.2) is 11.5 Å². The van der Waals surface area contributed by atoms with Crippen LogP contribution >= 0.6 is 0 Å². The van der Waals surface area contributed by atoms with Crippen molar-refractivity contribution in [1.82, 2.24) is 4.90 Å². The number of allylic oxidation sites excluding steroid dienone is 3. The fraction of sp³-hybridized carbons (Fsp3) is 0.238. The maximum absolute atomic E-state index is 13.2. The van der Waals surface area contributed by atoms with E-state index in [0.717, 1.165) is 22.7 Å². The Morgan fingerprint density at radius 3 is 2.62 bits per heavy atom. The smallest absolute Gasteiger partial charge is 0.262 e. The first-order chi connectivity index (χ1) is 12.5. The molecule has 2 aromatic rings. The minimum absolute atomic E-state index is 0.104. The molecule has 5 heteroatoms. The number of nitrogens with zero attached hydrogens (tertiary/aromatic N) is 2. The van der Waals surface area contributed by atoms with Crippen LogP contribution in [0.4, 0.5) is 0 Å². The minimum atomic E-state index is -1.04. The fourth-order valence-electron chi connectivity index (χ4n) is 3.73. The Labute approximate surface area is 152 Å². The summed E-state index contributed by atoms with van der Waals surface area (Å²) >= 11 is 0. The van der Waals surface area contributed by atoms with Crippen molar-refractivity contribution >= 4 is 17.4 Å². The molecule has 2 aliphatic rings. The number of aryl methyl sites for hydroxylation is 1. The lowest BCUT2D eigenvalue weighted by Crippen LogP contribution is -2.44. The molecule has 0 radical (unpaired) electrons. The van der Waals surface area contributed by atoms with E-state index in [9.17, 15) is 4.79 Å². The highest BCUT2D eigenvalue weighted by atomic mass is 16.3. The zero-order valence-electron chi connectivity index (χ0n) is 14.8. The van der Waals surface area contributed by atoms with Crippen molar-refractivity contribution < 1.29 is 9.21 Å². The molecule has 2 unspecified atom stereocenters. The number of amides is 1. The third-order valence-electron chi connectivity index (χ3n) is 5.11. The summed E-state index contributed by atoms with van der Waals surface area (Å²) < 4.78 is 5.77. The van der Waals surface area contributed by atoms with Gasteiger partial charge in [-0.15, -0.1) is 0 Å². The van der Waals surface area contributed by atoms with Crippen molar-refractivity contribution in [1.29, 1.82) is 0 Å². The van der Waals surface area contributed by atoms with E-state index in [1.807, 2.05) is 55.5 Å². The van der Waals surface area contributed by atoms with Gasteiger partial charge < -0.3 is 10.2 Å². The highest BCUT2D eigenvalue weighted by Crippen LogP contribution is 2.44. The van der Waals surface area contributed by atoms with Gasteiger partial charge in [-0.05, 0) is 31.0 Å². The number of carbonyl (C=O) groups is 1. The van der Waals surface area contributed by atoms with Crippen LogP contribution in [0.5, 0.6) is 0 Å². The second-order valence-electron chi connectivity index (χ2n) is 6.74. The van der Waals surface area contributed by atoms with Gasteiger partial charge in [0.25, 0.3) is 5.91 Å². The number of carbonyl (C=O) groups excluding carboxylic acids is 1. The molecule has 1 aromatic heterocycles. The number of aliphatic imine (C=N–C) groups is 1. The molecule has 132 valence electrons. The summed E-state index contributed by atoms with van der Waals surface area (Å²) in [4.78, 5) is 19.4. The first-order valence-corrected chi connectivity index (χ1v) is 8.66. The van der Waals surface area contributed by atoms with Gasteiger partial charge in [0.1, 0.15) is 11.5 Å². The standard InChI is InChI=1S/C21H21N3O2/c1-14-11-12-18(26-14)15-7-6-10-17(13-15)21(16-8-4-3-5-9-16)19(25)24(2)20(22)23-21/h3-9,11-13,17H,10H2,1-2H3,(H2,22,23). The van der Waals surface area contributed by atoms with Crippen LogP contribution < -0.4 is 5.73 Å². The number of rotatable bonds is 3. The third-order valence-corrected chi connectivity index (χ3v) is 5.11. The molecule has 1 aliphatic carbocycles. The molecule has 0 saturated heterocycles. The van der Waals surface area contributed by atoms with Gasteiger partial charge in [0.05, 0.1) is 0 Å². The third kappa shape index (κ3) is 2.39. The summed E-state index contributed by atoms with van der Waals surface area (Å²) in [7, 11) is 1.67. The van der Waals surface area contributed by atoms with Gasteiger partial charge >= 0.3 is 0 Å². The number of likely N-dealkylation sites (N-methyl/N-ethyl adjacent to an activating group) is 1. The average molecular weight is 347 g/mol. The minimum Gasteiger partial charge on any atom is -0.461 e. The van der Waals surface area contributed by atoms with Crippen LogP contribution in [0.15, 0.2) is 70.1 Å². The predicted octanol–water partition coefficient (Wildman–Crippen LogP) is 3.23. The lowest BCUT2D eigenvalue weighted by molar-refractivity contribution is -0.132. The van der Waals surface area contributed by atoms with Crippen molar-refractivity contribution in [3.8, 4) is 0 Å². The van der Waals surface area contributed by atoms with Crippen LogP contribution in [-0.4, -0.2) is 23.8 Å². The summed E-state index contributed by atoms with van der Waals surface area (Å²) in [6.45, 7) is 1.92. The quantitative estimate of drug-likeness (QED) is 0.926. The fourth-order valence-corrected chi connectivity index (χ4v) is 3.73. The Balaban J connectivity index is 1.85. The molecule has 1 aliphatic heterocycles. The topological polar surface area (TPSA) is 71.8 Å². The van der Waals surface area contributed by atoms with Crippen LogP contribution in [0.1, 0.15) is 23.5 Å². The van der Waals surface area contributed by atoms with Crippen molar-refractivity contribution in [2.75, 3.05) is 7.05 Å². The van der Waals surface area contributed by atoms with Crippen molar-refractivity contribution in [3.05, 3.63) is 77.8 Å². The second kappa shape index (κ2) is 6.02. The molecular formula is C21H21N3O2. The summed E-state index contributed by atoms with van der Waals surface area (Å²) in [5, 5.41) is 0. The number of nitrogens with two attached hydrogens (primary N) is 1. The molecule has 26 heavy (non-hydrogen) atoms. The zero-order valence-corrected chi connectivity index (χ0v) is 14.8. The Morgan fingerprint density at radius 2 is 2.00 bits per heavy atom. The summed E-state index contributed by atoms with van der Waals surface area (Å²) in [5.41, 5.74) is 6.80. The molecule has 2 N–H and O–H groups in total. The van der Waals surface area contributed by atoms with Gasteiger partial charge in [-0.3, -0.25) is 9.69 Å². The van der Waals surface area contributed by atoms with Crippen LogP contribution in [-0.2, 0) is 10.3 Å². The molecule has 2 heterocycles. The van der Waals surface area contributed by atoms with Gasteiger partial charge in [-0.1, -0.05) is 48.6 Å². The molecule has 5 nitrogen and oxygen atoms in total. The lowest BCUT2D eigenvalue weighted by Gasteiger charge is -2.33. The summed E-state index contributed by atoms with van der Waals surface area (Å²) in [6, 6.07) is 13.5. The van der Waals surface area contributed by atoms with Crippen LogP contribution in [0.3, 0.4) is 0 Å². The Kier molecular flexibility index (Phi) is 3.80. The largest absolute Gasteiger partial charge is 0.461 e. The lowest BCUT2D eigenvalue weighted by atomic mass is 9.74. The average Bonchev–Trinajstić information content (AvgIpc) is 3.20. The highest BCUT2D eigenvalue weighted by Gasteiger charge is 2.52. The molecule has 0 fully saturated rings. The molecule has 4 rings (SSSR count). The zero-order chi connectivity index (χ0) is 18.3. The van der Waals surface area contributed by atoms with Crippen LogP contribution in [0.2, 0.25) is 0 Å². The van der Waals surface area contributed by atoms with Gasteiger partial charge in [-0.25, -0.2) is 4.99 Å². The van der Waals surface area contributed by atoms with E-state index in [2.05, 4.69) is 17.1 Å². The van der Waals surface area contributed by atoms with Gasteiger partial charge in [0.2, 0.25) is 0 Å². The Hall–Kier alpha value is -3.08. The Bertz CT molecular complexity index is 939. The molecule has 1 aromatic carbocycles. The molecule has 2 atom stereocenters. The van der Waals surface area contributed by atoms with Gasteiger partial charge in [-0.2, -0.15) is 0 Å². The first-order valence-electron chi connectivity index (χ1n) is 8.66. The molecular weight excluding hydrogens is 326 g/mol. The van der Waals surface area contributed by atoms with Gasteiger partial charge in [0, 0.05) is 18.5 Å². The number of guanidine groups is 1. The summed E-state index contributed by atoms with van der Waals surface area (Å²) in [5.74, 6) is 1.65. The maximum atomic E-state index is 13.2. The normalized spacial score (nSPS) is 25.4. The first kappa shape index (κ1) is 16.4. The number of benzene rings is 1. The van der Waals surface area contributed by atoms with Crippen molar-refractivity contribution in [2.24, 2.45) is 16.6 Å². The van der Waals surface area contributed by atoms with Crippen LogP contribution in [0, 0.1) is 12.8 Å². The van der Waals surface area contributed by atoms with E-state index in [1.165, 1.54) is 4.90 Å². The number of furan rings is 1. The highest BCUT2D eigenvalue weighted by molar-refractivity contribution is 6.07. The Morgan fingerprint density at radius 1 is 1.23 bits per heavy atom. The summed E-state index contributed by atoms with van der Waals surface area (Å²) in [6.07, 6.45) is 6.89. The SMILES string of the molecule is Cc1ccc(C2=CC(C3(c4ccccc4)N=C(N)N(C)C3=O)CC=C2)o1. The van der Waals surface area contributed by atoms with Crippen molar-refractivity contribution in [2.45, 2.75) is 18.9 Å². The number of hydrogen-bond donors (Lipinski definition) is 1.